The molecule has 0 N–H and O–H groups in total. The van der Waals surface area contributed by atoms with E-state index in [2.05, 4.69) is 26.1 Å². The molecule has 2 heterocycles. The quantitative estimate of drug-likeness (QED) is 0.864. The fraction of sp³-hybridized carbons (Fsp3) is 0.364. The van der Waals surface area contributed by atoms with E-state index in [4.69, 9.17) is 4.52 Å². The van der Waals surface area contributed by atoms with E-state index >= 15 is 0 Å². The second kappa shape index (κ2) is 5.10. The van der Waals surface area contributed by atoms with Crippen LogP contribution in [0.5, 0.6) is 0 Å². The zero-order valence-corrected chi connectivity index (χ0v) is 11.8. The number of carbonyl (C=O) groups excluding carboxylic acids is 1. The van der Waals surface area contributed by atoms with Crippen molar-refractivity contribution in [1.82, 2.24) is 10.1 Å². The van der Waals surface area contributed by atoms with Gasteiger partial charge in [-0.2, -0.15) is 4.98 Å². The molecule has 0 amide bonds. The Hall–Kier alpha value is -1.01. The molecule has 0 aliphatic heterocycles. The van der Waals surface area contributed by atoms with Crippen LogP contribution in [0.25, 0.3) is 10.7 Å². The van der Waals surface area contributed by atoms with Gasteiger partial charge >= 0.3 is 0 Å². The summed E-state index contributed by atoms with van der Waals surface area (Å²) in [6.45, 7) is 3.61. The molecule has 2 aromatic heterocycles. The highest BCUT2D eigenvalue weighted by molar-refractivity contribution is 9.11. The standard InChI is InChI=1S/C11H11BrN2O2S/c1-3-7(15)6(2)11-13-10(14-16-11)8-4-5-9(12)17-8/h4-6H,3H2,1-2H3. The summed E-state index contributed by atoms with van der Waals surface area (Å²) in [5.74, 6) is 0.694. The van der Waals surface area contributed by atoms with E-state index in [1.54, 1.807) is 6.92 Å². The number of thiophene rings is 1. The van der Waals surface area contributed by atoms with E-state index in [-0.39, 0.29) is 11.7 Å². The maximum Gasteiger partial charge on any atom is 0.237 e. The Labute approximate surface area is 111 Å². The highest BCUT2D eigenvalue weighted by Crippen LogP contribution is 2.30. The molecule has 0 aliphatic carbocycles. The Morgan fingerprint density at radius 2 is 2.35 bits per heavy atom. The van der Waals surface area contributed by atoms with Crippen molar-refractivity contribution in [1.29, 1.82) is 0 Å². The van der Waals surface area contributed by atoms with Crippen LogP contribution in [0.4, 0.5) is 0 Å². The molecule has 0 fully saturated rings. The van der Waals surface area contributed by atoms with Gasteiger partial charge in [-0.3, -0.25) is 4.79 Å². The normalized spacial score (nSPS) is 12.6. The number of aromatic nitrogens is 2. The molecular formula is C11H11BrN2O2S. The number of nitrogens with zero attached hydrogens (tertiary/aromatic N) is 2. The maximum atomic E-state index is 11.5. The number of hydrogen-bond acceptors (Lipinski definition) is 5. The van der Waals surface area contributed by atoms with Crippen LogP contribution in [0.1, 0.15) is 32.1 Å². The predicted molar refractivity (Wildman–Crippen MR) is 69.0 cm³/mol. The molecule has 6 heteroatoms. The average Bonchev–Trinajstić information content (AvgIpc) is 2.95. The molecule has 2 rings (SSSR count). The van der Waals surface area contributed by atoms with Crippen molar-refractivity contribution in [3.8, 4) is 10.7 Å². The van der Waals surface area contributed by atoms with Crippen molar-refractivity contribution < 1.29 is 9.32 Å². The van der Waals surface area contributed by atoms with E-state index < -0.39 is 0 Å². The second-order valence-electron chi connectivity index (χ2n) is 3.60. The van der Waals surface area contributed by atoms with Crippen LogP contribution in [0.3, 0.4) is 0 Å². The van der Waals surface area contributed by atoms with Crippen molar-refractivity contribution in [2.75, 3.05) is 0 Å². The number of halogens is 1. The first kappa shape index (κ1) is 12.4. The Kier molecular flexibility index (Phi) is 3.73. The number of carbonyl (C=O) groups is 1. The zero-order chi connectivity index (χ0) is 12.4. The minimum absolute atomic E-state index is 0.104. The average molecular weight is 315 g/mol. The zero-order valence-electron chi connectivity index (χ0n) is 9.44. The Bertz CT molecular complexity index is 535. The summed E-state index contributed by atoms with van der Waals surface area (Å²) >= 11 is 4.90. The third kappa shape index (κ3) is 2.63. The van der Waals surface area contributed by atoms with E-state index in [0.717, 1.165) is 8.66 Å². The number of Topliss-reactive ketones (excluding diaryl/α,β-unsaturated/α-hetero) is 1. The molecule has 4 nitrogen and oxygen atoms in total. The van der Waals surface area contributed by atoms with Crippen molar-refractivity contribution in [2.24, 2.45) is 0 Å². The SMILES string of the molecule is CCC(=O)C(C)c1nc(-c2ccc(Br)s2)no1. The monoisotopic (exact) mass is 314 g/mol. The van der Waals surface area contributed by atoms with Gasteiger partial charge in [0.2, 0.25) is 11.7 Å². The Morgan fingerprint density at radius 3 is 2.94 bits per heavy atom. The largest absolute Gasteiger partial charge is 0.338 e. The van der Waals surface area contributed by atoms with Gasteiger partial charge in [0.05, 0.1) is 14.6 Å². The van der Waals surface area contributed by atoms with Crippen molar-refractivity contribution >= 4 is 33.0 Å². The van der Waals surface area contributed by atoms with Crippen LogP contribution in [0.15, 0.2) is 20.4 Å². The number of ketones is 1. The highest BCUT2D eigenvalue weighted by atomic mass is 79.9. The lowest BCUT2D eigenvalue weighted by Crippen LogP contribution is -2.07. The van der Waals surface area contributed by atoms with Crippen LogP contribution >= 0.6 is 27.3 Å². The summed E-state index contributed by atoms with van der Waals surface area (Å²) in [7, 11) is 0. The molecule has 0 saturated carbocycles. The van der Waals surface area contributed by atoms with E-state index in [9.17, 15) is 4.79 Å². The smallest absolute Gasteiger partial charge is 0.237 e. The van der Waals surface area contributed by atoms with E-state index in [0.29, 0.717) is 18.1 Å². The van der Waals surface area contributed by atoms with Gasteiger partial charge in [0.15, 0.2) is 0 Å². The molecular weight excluding hydrogens is 304 g/mol. The van der Waals surface area contributed by atoms with E-state index in [1.807, 2.05) is 19.1 Å². The molecule has 1 unspecified atom stereocenters. The predicted octanol–water partition coefficient (Wildman–Crippen LogP) is 3.64. The lowest BCUT2D eigenvalue weighted by Gasteiger charge is -2.00. The summed E-state index contributed by atoms with van der Waals surface area (Å²) in [6, 6.07) is 3.84. The summed E-state index contributed by atoms with van der Waals surface area (Å²) in [5, 5.41) is 3.89. The van der Waals surface area contributed by atoms with Gasteiger partial charge in [0.25, 0.3) is 0 Å². The summed E-state index contributed by atoms with van der Waals surface area (Å²) in [6.07, 6.45) is 0.476. The fourth-order valence-electron chi connectivity index (χ4n) is 1.39. The molecule has 0 saturated heterocycles. The Morgan fingerprint density at radius 1 is 1.59 bits per heavy atom. The lowest BCUT2D eigenvalue weighted by molar-refractivity contribution is -0.120. The molecule has 0 aromatic carbocycles. The molecule has 17 heavy (non-hydrogen) atoms. The van der Waals surface area contributed by atoms with Crippen LogP contribution in [-0.4, -0.2) is 15.9 Å². The molecule has 90 valence electrons. The minimum atomic E-state index is -0.329. The molecule has 2 aromatic rings. The van der Waals surface area contributed by atoms with Crippen LogP contribution in [-0.2, 0) is 4.79 Å². The third-order valence-electron chi connectivity index (χ3n) is 2.44. The van der Waals surface area contributed by atoms with Gasteiger partial charge in [-0.05, 0) is 35.0 Å². The van der Waals surface area contributed by atoms with Crippen molar-refractivity contribution in [2.45, 2.75) is 26.2 Å². The van der Waals surface area contributed by atoms with E-state index in [1.165, 1.54) is 11.3 Å². The van der Waals surface area contributed by atoms with Crippen molar-refractivity contribution in [3.05, 3.63) is 21.8 Å². The van der Waals surface area contributed by atoms with Gasteiger partial charge in [-0.1, -0.05) is 12.1 Å². The third-order valence-corrected chi connectivity index (χ3v) is 4.06. The van der Waals surface area contributed by atoms with Gasteiger partial charge in [-0.15, -0.1) is 11.3 Å². The summed E-state index contributed by atoms with van der Waals surface area (Å²) in [5.41, 5.74) is 0. The summed E-state index contributed by atoms with van der Waals surface area (Å²) < 4.78 is 6.13. The first-order chi connectivity index (χ1) is 8.11. The Balaban J connectivity index is 2.24. The highest BCUT2D eigenvalue weighted by Gasteiger charge is 2.21. The first-order valence-corrected chi connectivity index (χ1v) is 6.84. The van der Waals surface area contributed by atoms with Gasteiger partial charge in [-0.25, -0.2) is 0 Å². The lowest BCUT2D eigenvalue weighted by atomic mass is 10.1. The maximum absolute atomic E-state index is 11.5. The molecule has 1 atom stereocenters. The molecule has 0 radical (unpaired) electrons. The van der Waals surface area contributed by atoms with Gasteiger partial charge in [0, 0.05) is 6.42 Å². The fourth-order valence-corrected chi connectivity index (χ4v) is 2.70. The van der Waals surface area contributed by atoms with Crippen LogP contribution < -0.4 is 0 Å². The topological polar surface area (TPSA) is 56.0 Å². The molecule has 0 spiro atoms. The first-order valence-electron chi connectivity index (χ1n) is 5.23. The van der Waals surface area contributed by atoms with Gasteiger partial charge < -0.3 is 4.52 Å². The number of hydrogen-bond donors (Lipinski definition) is 0. The second-order valence-corrected chi connectivity index (χ2v) is 6.06. The van der Waals surface area contributed by atoms with Crippen LogP contribution in [0.2, 0.25) is 0 Å². The van der Waals surface area contributed by atoms with Crippen molar-refractivity contribution in [3.63, 3.8) is 0 Å². The molecule has 0 bridgehead atoms. The number of rotatable bonds is 4. The van der Waals surface area contributed by atoms with Crippen LogP contribution in [0, 0.1) is 0 Å². The molecule has 0 aliphatic rings. The van der Waals surface area contributed by atoms with Gasteiger partial charge in [0.1, 0.15) is 5.78 Å². The summed E-state index contributed by atoms with van der Waals surface area (Å²) in [4.78, 5) is 16.7. The minimum Gasteiger partial charge on any atom is -0.338 e.